The number of hydrogen-bond donors (Lipinski definition) is 1. The van der Waals surface area contributed by atoms with Gasteiger partial charge in [0.1, 0.15) is 9.84 Å². The monoisotopic (exact) mass is 234 g/mol. The second-order valence-electron chi connectivity index (χ2n) is 4.31. The highest BCUT2D eigenvalue weighted by molar-refractivity contribution is 7.90. The van der Waals surface area contributed by atoms with Gasteiger partial charge in [-0.25, -0.2) is 8.42 Å². The first-order valence-electron chi connectivity index (χ1n) is 5.65. The molecule has 0 amide bonds. The van der Waals surface area contributed by atoms with Crippen molar-refractivity contribution in [2.45, 2.75) is 25.8 Å². The minimum Gasteiger partial charge on any atom is -0.314 e. The minimum absolute atomic E-state index is 0.305. The third-order valence-electron chi connectivity index (χ3n) is 2.80. The Bertz CT molecular complexity index is 275. The van der Waals surface area contributed by atoms with Gasteiger partial charge in [-0.3, -0.25) is 4.90 Å². The van der Waals surface area contributed by atoms with E-state index in [-0.39, 0.29) is 0 Å². The lowest BCUT2D eigenvalue weighted by Gasteiger charge is -2.36. The summed E-state index contributed by atoms with van der Waals surface area (Å²) in [6, 6.07) is 0.397. The van der Waals surface area contributed by atoms with Crippen LogP contribution in [-0.4, -0.2) is 57.5 Å². The number of piperazine rings is 1. The van der Waals surface area contributed by atoms with Gasteiger partial charge in [-0.05, 0) is 19.4 Å². The molecule has 1 rings (SSSR count). The van der Waals surface area contributed by atoms with Crippen molar-refractivity contribution in [3.05, 3.63) is 0 Å². The van der Waals surface area contributed by atoms with Crippen molar-refractivity contribution in [3.8, 4) is 0 Å². The van der Waals surface area contributed by atoms with Crippen LogP contribution >= 0.6 is 0 Å². The fourth-order valence-corrected chi connectivity index (χ4v) is 2.72. The predicted octanol–water partition coefficient (Wildman–Crippen LogP) is 0.105. The normalized spacial score (nSPS) is 24.3. The van der Waals surface area contributed by atoms with Crippen LogP contribution in [0.2, 0.25) is 0 Å². The molecule has 0 radical (unpaired) electrons. The summed E-state index contributed by atoms with van der Waals surface area (Å²) >= 11 is 0. The molecule has 1 aliphatic heterocycles. The highest BCUT2D eigenvalue weighted by Gasteiger charge is 2.22. The van der Waals surface area contributed by atoms with Crippen LogP contribution in [0.1, 0.15) is 19.8 Å². The molecule has 5 heteroatoms. The maximum atomic E-state index is 11.1. The SMILES string of the molecule is CCCN1CCNCC1CCS(C)(=O)=O. The third kappa shape index (κ3) is 4.95. The minimum atomic E-state index is -2.82. The second-order valence-corrected chi connectivity index (χ2v) is 6.57. The summed E-state index contributed by atoms with van der Waals surface area (Å²) in [5, 5.41) is 3.32. The molecule has 0 aromatic rings. The van der Waals surface area contributed by atoms with Gasteiger partial charge in [-0.1, -0.05) is 6.92 Å². The average molecular weight is 234 g/mol. The van der Waals surface area contributed by atoms with Gasteiger partial charge in [0.15, 0.2) is 0 Å². The lowest BCUT2D eigenvalue weighted by atomic mass is 10.1. The van der Waals surface area contributed by atoms with Gasteiger partial charge in [0, 0.05) is 31.9 Å². The van der Waals surface area contributed by atoms with E-state index in [1.807, 2.05) is 0 Å². The van der Waals surface area contributed by atoms with Crippen molar-refractivity contribution in [2.24, 2.45) is 0 Å². The van der Waals surface area contributed by atoms with Gasteiger partial charge in [0.25, 0.3) is 0 Å². The van der Waals surface area contributed by atoms with Gasteiger partial charge < -0.3 is 5.32 Å². The van der Waals surface area contributed by atoms with Gasteiger partial charge in [-0.2, -0.15) is 0 Å². The average Bonchev–Trinajstić information content (AvgIpc) is 2.16. The lowest BCUT2D eigenvalue weighted by Crippen LogP contribution is -2.51. The summed E-state index contributed by atoms with van der Waals surface area (Å²) in [6.07, 6.45) is 3.20. The molecule has 1 unspecified atom stereocenters. The zero-order valence-electron chi connectivity index (χ0n) is 9.70. The van der Waals surface area contributed by atoms with Crippen molar-refractivity contribution < 1.29 is 8.42 Å². The largest absolute Gasteiger partial charge is 0.314 e. The van der Waals surface area contributed by atoms with Crippen LogP contribution in [0.3, 0.4) is 0 Å². The number of sulfone groups is 1. The summed E-state index contributed by atoms with van der Waals surface area (Å²) in [5.41, 5.74) is 0. The van der Waals surface area contributed by atoms with Crippen molar-refractivity contribution in [3.63, 3.8) is 0 Å². The molecule has 1 atom stereocenters. The molecule has 90 valence electrons. The fraction of sp³-hybridized carbons (Fsp3) is 1.00. The molecular weight excluding hydrogens is 212 g/mol. The van der Waals surface area contributed by atoms with E-state index in [1.165, 1.54) is 6.26 Å². The topological polar surface area (TPSA) is 49.4 Å². The molecule has 1 aliphatic rings. The third-order valence-corrected chi connectivity index (χ3v) is 3.78. The fourth-order valence-electron chi connectivity index (χ4n) is 2.02. The van der Waals surface area contributed by atoms with E-state index >= 15 is 0 Å². The molecule has 0 bridgehead atoms. The summed E-state index contributed by atoms with van der Waals surface area (Å²) in [7, 11) is -2.82. The number of rotatable bonds is 5. The number of nitrogens with zero attached hydrogens (tertiary/aromatic N) is 1. The van der Waals surface area contributed by atoms with Crippen LogP contribution in [-0.2, 0) is 9.84 Å². The smallest absolute Gasteiger partial charge is 0.147 e. The lowest BCUT2D eigenvalue weighted by molar-refractivity contribution is 0.158. The molecule has 1 heterocycles. The molecule has 0 aliphatic carbocycles. The predicted molar refractivity (Wildman–Crippen MR) is 62.8 cm³/mol. The van der Waals surface area contributed by atoms with Crippen molar-refractivity contribution in [2.75, 3.05) is 38.2 Å². The van der Waals surface area contributed by atoms with Crippen molar-refractivity contribution >= 4 is 9.84 Å². The zero-order valence-corrected chi connectivity index (χ0v) is 10.5. The maximum absolute atomic E-state index is 11.1. The Kier molecular flexibility index (Phi) is 5.02. The summed E-state index contributed by atoms with van der Waals surface area (Å²) in [5.74, 6) is 0.305. The van der Waals surface area contributed by atoms with Gasteiger partial charge >= 0.3 is 0 Å². The highest BCUT2D eigenvalue weighted by atomic mass is 32.2. The zero-order chi connectivity index (χ0) is 11.3. The van der Waals surface area contributed by atoms with Crippen LogP contribution in [0.5, 0.6) is 0 Å². The van der Waals surface area contributed by atoms with E-state index in [1.54, 1.807) is 0 Å². The number of hydrogen-bond acceptors (Lipinski definition) is 4. The van der Waals surface area contributed by atoms with Gasteiger partial charge in [0.05, 0.1) is 5.75 Å². The van der Waals surface area contributed by atoms with Crippen LogP contribution in [0, 0.1) is 0 Å². The second kappa shape index (κ2) is 5.82. The van der Waals surface area contributed by atoms with E-state index < -0.39 is 9.84 Å². The Hall–Kier alpha value is -0.130. The van der Waals surface area contributed by atoms with Gasteiger partial charge in [0.2, 0.25) is 0 Å². The van der Waals surface area contributed by atoms with E-state index in [4.69, 9.17) is 0 Å². The first-order chi connectivity index (χ1) is 7.03. The highest BCUT2D eigenvalue weighted by Crippen LogP contribution is 2.09. The molecule has 1 saturated heterocycles. The number of nitrogens with one attached hydrogen (secondary N) is 1. The molecule has 0 saturated carbocycles. The Labute approximate surface area is 93.0 Å². The van der Waals surface area contributed by atoms with E-state index in [9.17, 15) is 8.42 Å². The van der Waals surface area contributed by atoms with E-state index in [2.05, 4.69) is 17.1 Å². The molecular formula is C10H22N2O2S. The summed E-state index contributed by atoms with van der Waals surface area (Å²) in [4.78, 5) is 2.40. The standard InChI is InChI=1S/C10H22N2O2S/c1-3-6-12-7-5-11-9-10(12)4-8-15(2,13)14/h10-11H,3-9H2,1-2H3. The Morgan fingerprint density at radius 3 is 2.80 bits per heavy atom. The molecule has 15 heavy (non-hydrogen) atoms. The molecule has 1 fully saturated rings. The van der Waals surface area contributed by atoms with Crippen LogP contribution in [0.15, 0.2) is 0 Å². The molecule has 1 N–H and O–H groups in total. The van der Waals surface area contributed by atoms with E-state index in [0.717, 1.165) is 39.0 Å². The van der Waals surface area contributed by atoms with Gasteiger partial charge in [-0.15, -0.1) is 0 Å². The Balaban J connectivity index is 2.42. The molecule has 4 nitrogen and oxygen atoms in total. The first-order valence-corrected chi connectivity index (χ1v) is 7.71. The first kappa shape index (κ1) is 12.9. The van der Waals surface area contributed by atoms with Crippen molar-refractivity contribution in [1.29, 1.82) is 0 Å². The molecule has 0 aromatic carbocycles. The maximum Gasteiger partial charge on any atom is 0.147 e. The van der Waals surface area contributed by atoms with Crippen molar-refractivity contribution in [1.82, 2.24) is 10.2 Å². The summed E-state index contributed by atoms with van der Waals surface area (Å²) in [6.45, 7) is 6.24. The Morgan fingerprint density at radius 1 is 1.47 bits per heavy atom. The van der Waals surface area contributed by atoms with Crippen LogP contribution in [0.25, 0.3) is 0 Å². The summed E-state index contributed by atoms with van der Waals surface area (Å²) < 4.78 is 22.2. The molecule has 0 aromatic heterocycles. The van der Waals surface area contributed by atoms with E-state index in [0.29, 0.717) is 11.8 Å². The van der Waals surface area contributed by atoms with Crippen LogP contribution in [0.4, 0.5) is 0 Å². The van der Waals surface area contributed by atoms with Crippen LogP contribution < -0.4 is 5.32 Å². The Morgan fingerprint density at radius 2 is 2.20 bits per heavy atom. The quantitative estimate of drug-likeness (QED) is 0.733. The molecule has 0 spiro atoms.